The molecule has 0 aliphatic rings. The Hall–Kier alpha value is 0.940. The second-order valence-corrected chi connectivity index (χ2v) is 0.566. The summed E-state index contributed by atoms with van der Waals surface area (Å²) in [6, 6.07) is 0. The first kappa shape index (κ1) is 36.3. The van der Waals surface area contributed by atoms with Gasteiger partial charge in [0.25, 0.3) is 0 Å². The summed E-state index contributed by atoms with van der Waals surface area (Å²) in [5.41, 5.74) is 0. The van der Waals surface area contributed by atoms with Crippen molar-refractivity contribution in [2.75, 3.05) is 27.2 Å². The van der Waals surface area contributed by atoms with Crippen molar-refractivity contribution in [1.29, 1.82) is 0 Å². The van der Waals surface area contributed by atoms with Gasteiger partial charge in [0.05, 0.1) is 0 Å². The van der Waals surface area contributed by atoms with Gasteiger partial charge in [-0.15, -0.1) is 0 Å². The van der Waals surface area contributed by atoms with E-state index in [1.807, 2.05) is 0 Å². The first-order chi connectivity index (χ1) is 5.66. The molecule has 0 heterocycles. The van der Waals surface area contributed by atoms with Crippen LogP contribution >= 0.6 is 0 Å². The predicted octanol–water partition coefficient (Wildman–Crippen LogP) is -4.29. The summed E-state index contributed by atoms with van der Waals surface area (Å²) >= 11 is 0. The molecular weight excluding hydrogens is 467 g/mol. The smallest absolute Gasteiger partial charge is 0.140 e. The Balaban J connectivity index is -0.0000000145. The van der Waals surface area contributed by atoms with E-state index in [1.165, 1.54) is 0 Å². The molecule has 0 aliphatic carbocycles. The van der Waals surface area contributed by atoms with Crippen LogP contribution in [0.25, 0.3) is 0 Å². The average Bonchev–Trinajstić information content (AvgIpc) is 1.92. The monoisotopic (exact) mass is 486 g/mol. The molecule has 8 N–H and O–H groups in total. The zero-order valence-corrected chi connectivity index (χ0v) is 11.4. The van der Waals surface area contributed by atoms with Crippen molar-refractivity contribution in [2.24, 2.45) is 0 Å². The summed E-state index contributed by atoms with van der Waals surface area (Å²) in [4.78, 5) is 0. The van der Waals surface area contributed by atoms with Gasteiger partial charge in [0.2, 0.25) is 0 Å². The Morgan fingerprint density at radius 1 is 0.429 bits per heavy atom. The van der Waals surface area contributed by atoms with Gasteiger partial charge in [0.1, 0.15) is 27.2 Å². The fourth-order valence-corrected chi connectivity index (χ4v) is 0. The normalized spacial score (nSPS) is 5.14. The summed E-state index contributed by atoms with van der Waals surface area (Å²) in [5.74, 6) is 0. The van der Waals surface area contributed by atoms with E-state index < -0.39 is 27.2 Å². The third-order valence-corrected chi connectivity index (χ3v) is 0. The van der Waals surface area contributed by atoms with E-state index in [0.29, 0.717) is 0 Å². The van der Waals surface area contributed by atoms with Crippen LogP contribution in [0.5, 0.6) is 0 Å². The van der Waals surface area contributed by atoms with Gasteiger partial charge in [-0.05, 0) is 0 Å². The van der Waals surface area contributed by atoms with E-state index in [0.717, 1.165) is 0 Å². The molecule has 0 unspecified atom stereocenters. The van der Waals surface area contributed by atoms with Crippen LogP contribution in [0.15, 0.2) is 0 Å². The molecule has 0 rings (SSSR count). The molecular formula is C4H16O8OsRu. The second-order valence-electron chi connectivity index (χ2n) is 0.566. The Bertz CT molecular complexity index is 29.3. The number of aliphatic hydroxyl groups is 8. The van der Waals surface area contributed by atoms with Crippen LogP contribution in [0.4, 0.5) is 0 Å². The molecule has 0 spiro atoms. The molecule has 0 atom stereocenters. The Labute approximate surface area is 107 Å². The number of hydrogen-bond donors (Lipinski definition) is 8. The van der Waals surface area contributed by atoms with Gasteiger partial charge in [-0.2, -0.15) is 0 Å². The first-order valence-electron chi connectivity index (χ1n) is 2.53. The average molecular weight is 483 g/mol. The van der Waals surface area contributed by atoms with Crippen LogP contribution < -0.4 is 0 Å². The maximum atomic E-state index is 7.12. The third-order valence-electron chi connectivity index (χ3n) is 0. The van der Waals surface area contributed by atoms with Gasteiger partial charge < -0.3 is 40.9 Å². The Kier molecular flexibility index (Phi) is 248. The maximum absolute atomic E-state index is 7.12. The standard InChI is InChI=1S/4CH4O2.Os.Ru/c4*2-1-3;;/h4*2-3H,1H2;;. The zero-order chi connectivity index (χ0) is 10.8. The summed E-state index contributed by atoms with van der Waals surface area (Å²) < 4.78 is 0. The first-order valence-corrected chi connectivity index (χ1v) is 2.53. The summed E-state index contributed by atoms with van der Waals surface area (Å²) in [6.07, 6.45) is 0. The van der Waals surface area contributed by atoms with Crippen LogP contribution in [0.3, 0.4) is 0 Å². The Morgan fingerprint density at radius 2 is 0.429 bits per heavy atom. The number of rotatable bonds is 0. The topological polar surface area (TPSA) is 162 Å². The fourth-order valence-electron chi connectivity index (χ4n) is 0. The number of aliphatic hydroxyl groups excluding tert-OH is 4. The van der Waals surface area contributed by atoms with E-state index in [-0.39, 0.29) is 39.3 Å². The number of hydrogen-bond acceptors (Lipinski definition) is 8. The largest absolute Gasteiger partial charge is 0.371 e. The molecule has 0 bridgehead atoms. The molecule has 0 aliphatic heterocycles. The molecule has 8 nitrogen and oxygen atoms in total. The van der Waals surface area contributed by atoms with E-state index in [1.54, 1.807) is 0 Å². The van der Waals surface area contributed by atoms with Crippen molar-refractivity contribution >= 4 is 0 Å². The van der Waals surface area contributed by atoms with Crippen molar-refractivity contribution in [3.05, 3.63) is 0 Å². The zero-order valence-electron chi connectivity index (χ0n) is 7.11. The van der Waals surface area contributed by atoms with Crippen molar-refractivity contribution in [1.82, 2.24) is 0 Å². The maximum Gasteiger partial charge on any atom is 0.140 e. The molecule has 0 aromatic heterocycles. The van der Waals surface area contributed by atoms with Crippen molar-refractivity contribution in [3.8, 4) is 0 Å². The van der Waals surface area contributed by atoms with Crippen molar-refractivity contribution < 1.29 is 80.1 Å². The van der Waals surface area contributed by atoms with Crippen LogP contribution in [-0.2, 0) is 39.3 Å². The van der Waals surface area contributed by atoms with Crippen LogP contribution in [0.1, 0.15) is 0 Å². The summed E-state index contributed by atoms with van der Waals surface area (Å²) in [5, 5.41) is 57.0. The minimum atomic E-state index is -0.750. The fraction of sp³-hybridized carbons (Fsp3) is 1.00. The van der Waals surface area contributed by atoms with Gasteiger partial charge in [-0.3, -0.25) is 0 Å². The molecule has 0 saturated heterocycles. The Morgan fingerprint density at radius 3 is 0.429 bits per heavy atom. The van der Waals surface area contributed by atoms with E-state index >= 15 is 0 Å². The third kappa shape index (κ3) is 2090. The molecule has 0 fully saturated rings. The van der Waals surface area contributed by atoms with Gasteiger partial charge in [0.15, 0.2) is 0 Å². The van der Waals surface area contributed by atoms with Gasteiger partial charge in [-0.1, -0.05) is 0 Å². The van der Waals surface area contributed by atoms with Crippen molar-refractivity contribution in [3.63, 3.8) is 0 Å². The SMILES string of the molecule is OCO.OCO.OCO.OCO.[Os].[Ru]. The molecule has 0 amide bonds. The van der Waals surface area contributed by atoms with Crippen LogP contribution in [-0.4, -0.2) is 68.0 Å². The van der Waals surface area contributed by atoms with Crippen LogP contribution in [0, 0.1) is 0 Å². The molecule has 0 aromatic carbocycles. The second kappa shape index (κ2) is 95.7. The quantitative estimate of drug-likeness (QED) is 0.127. The summed E-state index contributed by atoms with van der Waals surface area (Å²) in [6.45, 7) is -3.00. The van der Waals surface area contributed by atoms with E-state index in [2.05, 4.69) is 0 Å². The molecule has 14 heavy (non-hydrogen) atoms. The van der Waals surface area contributed by atoms with Gasteiger partial charge >= 0.3 is 0 Å². The van der Waals surface area contributed by atoms with E-state index in [4.69, 9.17) is 40.9 Å². The molecule has 0 aromatic rings. The van der Waals surface area contributed by atoms with Crippen molar-refractivity contribution in [2.45, 2.75) is 0 Å². The summed E-state index contributed by atoms with van der Waals surface area (Å²) in [7, 11) is 0. The molecule has 10 heteroatoms. The van der Waals surface area contributed by atoms with Gasteiger partial charge in [-0.25, -0.2) is 0 Å². The minimum Gasteiger partial charge on any atom is -0.371 e. The predicted molar refractivity (Wildman–Crippen MR) is 37.2 cm³/mol. The molecule has 0 radical (unpaired) electrons. The molecule has 0 saturated carbocycles. The minimum absolute atomic E-state index is 0. The molecule has 96 valence electrons. The van der Waals surface area contributed by atoms with Gasteiger partial charge in [0, 0.05) is 39.3 Å². The van der Waals surface area contributed by atoms with Crippen LogP contribution in [0.2, 0.25) is 0 Å². The van der Waals surface area contributed by atoms with E-state index in [9.17, 15) is 0 Å².